The second kappa shape index (κ2) is 7.13. The number of thioether (sulfide) groups is 1. The van der Waals surface area contributed by atoms with Gasteiger partial charge in [0.15, 0.2) is 0 Å². The zero-order valence-corrected chi connectivity index (χ0v) is 11.7. The molecule has 1 aromatic heterocycles. The molecule has 9 heteroatoms. The van der Waals surface area contributed by atoms with Crippen LogP contribution in [0.5, 0.6) is 0 Å². The van der Waals surface area contributed by atoms with E-state index in [1.807, 2.05) is 18.4 Å². The summed E-state index contributed by atoms with van der Waals surface area (Å²) in [5.74, 6) is -2.00. The number of allylic oxidation sites excluding steroid dienone is 1. The summed E-state index contributed by atoms with van der Waals surface area (Å²) < 4.78 is 37.5. The number of nitrogens with two attached hydrogens (primary N) is 1. The molecular formula is C11H14F3N5S. The lowest BCUT2D eigenvalue weighted by atomic mass is 10.3. The Labute approximate surface area is 118 Å². The number of anilines is 2. The molecule has 0 aliphatic rings. The fraction of sp³-hybridized carbons (Fsp3) is 0.364. The molecule has 0 spiro atoms. The number of nitrogens with zero attached hydrogens (tertiary/aromatic N) is 3. The van der Waals surface area contributed by atoms with Crippen molar-refractivity contribution < 1.29 is 13.2 Å². The Morgan fingerprint density at radius 3 is 2.55 bits per heavy atom. The second-order valence-corrected chi connectivity index (χ2v) is 4.52. The Morgan fingerprint density at radius 1 is 1.25 bits per heavy atom. The summed E-state index contributed by atoms with van der Waals surface area (Å²) in [5, 5.41) is 6.37. The lowest BCUT2D eigenvalue weighted by Gasteiger charge is -2.11. The first kappa shape index (κ1) is 16.3. The lowest BCUT2D eigenvalue weighted by molar-refractivity contribution is -0.144. The van der Waals surface area contributed by atoms with Crippen molar-refractivity contribution in [3.63, 3.8) is 0 Å². The first-order chi connectivity index (χ1) is 9.32. The van der Waals surface area contributed by atoms with Crippen molar-refractivity contribution in [2.75, 3.05) is 11.1 Å². The van der Waals surface area contributed by atoms with E-state index in [2.05, 4.69) is 20.3 Å². The summed E-state index contributed by atoms with van der Waals surface area (Å²) in [7, 11) is 0. The Kier molecular flexibility index (Phi) is 5.81. The number of nitrogen functional groups attached to an aromatic ring is 1. The highest BCUT2D eigenvalue weighted by Crippen LogP contribution is 2.26. The van der Waals surface area contributed by atoms with Gasteiger partial charge in [0.2, 0.25) is 17.7 Å². The van der Waals surface area contributed by atoms with Crippen molar-refractivity contribution >= 4 is 23.7 Å². The van der Waals surface area contributed by atoms with E-state index in [9.17, 15) is 13.2 Å². The number of hydrogen-bond donors (Lipinski definition) is 2. The average molecular weight is 305 g/mol. The van der Waals surface area contributed by atoms with Gasteiger partial charge < -0.3 is 11.1 Å². The third-order valence-electron chi connectivity index (χ3n) is 1.92. The molecule has 110 valence electrons. The SMILES string of the molecule is C/C=C\S/C=C/C(C)Nc1nc(N)nc(C(F)(F)F)n1. The zero-order chi connectivity index (χ0) is 15.2. The highest BCUT2D eigenvalue weighted by molar-refractivity contribution is 8.04. The van der Waals surface area contributed by atoms with Crippen LogP contribution < -0.4 is 11.1 Å². The van der Waals surface area contributed by atoms with E-state index < -0.39 is 17.9 Å². The molecule has 5 nitrogen and oxygen atoms in total. The molecule has 1 heterocycles. The molecule has 0 bridgehead atoms. The van der Waals surface area contributed by atoms with Crippen LogP contribution in [-0.4, -0.2) is 21.0 Å². The Hall–Kier alpha value is -1.77. The van der Waals surface area contributed by atoms with E-state index in [1.165, 1.54) is 11.8 Å². The molecular weight excluding hydrogens is 291 g/mol. The molecule has 1 aromatic rings. The van der Waals surface area contributed by atoms with E-state index in [0.29, 0.717) is 0 Å². The number of aromatic nitrogens is 3. The molecule has 3 N–H and O–H groups in total. The van der Waals surface area contributed by atoms with Crippen molar-refractivity contribution in [1.29, 1.82) is 0 Å². The normalized spacial score (nSPS) is 14.1. The summed E-state index contributed by atoms with van der Waals surface area (Å²) in [4.78, 5) is 9.98. The largest absolute Gasteiger partial charge is 0.451 e. The topological polar surface area (TPSA) is 76.7 Å². The van der Waals surface area contributed by atoms with E-state index in [-0.39, 0.29) is 12.0 Å². The molecule has 0 aromatic carbocycles. The van der Waals surface area contributed by atoms with Gasteiger partial charge in [-0.25, -0.2) is 0 Å². The van der Waals surface area contributed by atoms with Gasteiger partial charge in [-0.2, -0.15) is 28.1 Å². The van der Waals surface area contributed by atoms with Gasteiger partial charge in [-0.1, -0.05) is 12.2 Å². The first-order valence-electron chi connectivity index (χ1n) is 5.61. The van der Waals surface area contributed by atoms with Crippen LogP contribution in [0.15, 0.2) is 23.0 Å². The van der Waals surface area contributed by atoms with Crippen LogP contribution in [0.25, 0.3) is 0 Å². The maximum Gasteiger partial charge on any atom is 0.451 e. The number of hydrogen-bond acceptors (Lipinski definition) is 6. The standard InChI is InChI=1S/C11H14F3N5S/c1-3-5-20-6-4-7(2)16-10-18-8(11(12,13)14)17-9(15)19-10/h3-7H,1-2H3,(H3,15,16,17,18,19)/b5-3-,6-4+. The summed E-state index contributed by atoms with van der Waals surface area (Å²) >= 11 is 1.44. The third-order valence-corrected chi connectivity index (χ3v) is 2.67. The minimum Gasteiger partial charge on any atom is -0.368 e. The number of alkyl halides is 3. The lowest BCUT2D eigenvalue weighted by Crippen LogP contribution is -2.19. The predicted molar refractivity (Wildman–Crippen MR) is 73.9 cm³/mol. The minimum atomic E-state index is -4.66. The number of nitrogens with one attached hydrogen (secondary N) is 1. The summed E-state index contributed by atoms with van der Waals surface area (Å²) in [6, 6.07) is -0.254. The van der Waals surface area contributed by atoms with Gasteiger partial charge in [0, 0.05) is 6.04 Å². The van der Waals surface area contributed by atoms with Gasteiger partial charge in [-0.15, -0.1) is 11.8 Å². The monoisotopic (exact) mass is 305 g/mol. The minimum absolute atomic E-state index is 0.210. The van der Waals surface area contributed by atoms with Gasteiger partial charge in [-0.3, -0.25) is 0 Å². The number of rotatable bonds is 5. The van der Waals surface area contributed by atoms with Crippen LogP contribution >= 0.6 is 11.8 Å². The Morgan fingerprint density at radius 2 is 1.95 bits per heavy atom. The summed E-state index contributed by atoms with van der Waals surface area (Å²) in [6.45, 7) is 3.63. The fourth-order valence-corrected chi connectivity index (χ4v) is 1.70. The molecule has 1 rings (SSSR count). The molecule has 20 heavy (non-hydrogen) atoms. The highest BCUT2D eigenvalue weighted by atomic mass is 32.2. The Bertz CT molecular complexity index is 501. The molecule has 0 aliphatic heterocycles. The second-order valence-electron chi connectivity index (χ2n) is 3.71. The molecule has 0 amide bonds. The highest BCUT2D eigenvalue weighted by Gasteiger charge is 2.35. The van der Waals surface area contributed by atoms with E-state index >= 15 is 0 Å². The van der Waals surface area contributed by atoms with Crippen molar-refractivity contribution in [3.05, 3.63) is 28.8 Å². The molecule has 0 aliphatic carbocycles. The fourth-order valence-electron chi connectivity index (χ4n) is 1.12. The van der Waals surface area contributed by atoms with Gasteiger partial charge in [0.25, 0.3) is 0 Å². The van der Waals surface area contributed by atoms with Crippen LogP contribution in [0.2, 0.25) is 0 Å². The third kappa shape index (κ3) is 5.47. The van der Waals surface area contributed by atoms with Gasteiger partial charge >= 0.3 is 6.18 Å². The van der Waals surface area contributed by atoms with Crippen molar-refractivity contribution in [2.45, 2.75) is 26.1 Å². The first-order valence-corrected chi connectivity index (χ1v) is 6.55. The van der Waals surface area contributed by atoms with Crippen LogP contribution in [0.3, 0.4) is 0 Å². The van der Waals surface area contributed by atoms with Gasteiger partial charge in [0.05, 0.1) is 0 Å². The van der Waals surface area contributed by atoms with Crippen LogP contribution in [-0.2, 0) is 6.18 Å². The number of halogens is 3. The molecule has 1 unspecified atom stereocenters. The van der Waals surface area contributed by atoms with Gasteiger partial charge in [-0.05, 0) is 24.7 Å². The van der Waals surface area contributed by atoms with Crippen molar-refractivity contribution in [1.82, 2.24) is 15.0 Å². The average Bonchev–Trinajstić information content (AvgIpc) is 2.33. The van der Waals surface area contributed by atoms with E-state index in [1.54, 1.807) is 18.4 Å². The van der Waals surface area contributed by atoms with Crippen LogP contribution in [0, 0.1) is 0 Å². The quantitative estimate of drug-likeness (QED) is 0.870. The summed E-state index contributed by atoms with van der Waals surface area (Å²) in [6.07, 6.45) is -1.03. The maximum atomic E-state index is 12.5. The molecule has 0 radical (unpaired) electrons. The predicted octanol–water partition coefficient (Wildman–Crippen LogP) is 3.05. The molecule has 1 atom stereocenters. The van der Waals surface area contributed by atoms with Crippen molar-refractivity contribution in [2.24, 2.45) is 0 Å². The smallest absolute Gasteiger partial charge is 0.368 e. The maximum absolute atomic E-state index is 12.5. The molecule has 0 saturated carbocycles. The molecule has 0 fully saturated rings. The van der Waals surface area contributed by atoms with Crippen LogP contribution in [0.4, 0.5) is 25.1 Å². The summed E-state index contributed by atoms with van der Waals surface area (Å²) in [5.41, 5.74) is 5.24. The van der Waals surface area contributed by atoms with E-state index in [0.717, 1.165) is 0 Å². The Balaban J connectivity index is 2.77. The van der Waals surface area contributed by atoms with Gasteiger partial charge in [0.1, 0.15) is 0 Å². The molecule has 0 saturated heterocycles. The van der Waals surface area contributed by atoms with E-state index in [4.69, 9.17) is 5.73 Å². The van der Waals surface area contributed by atoms with Crippen LogP contribution in [0.1, 0.15) is 19.7 Å². The van der Waals surface area contributed by atoms with Crippen molar-refractivity contribution in [3.8, 4) is 0 Å². The zero-order valence-electron chi connectivity index (χ0n) is 10.8.